The van der Waals surface area contributed by atoms with E-state index in [2.05, 4.69) is 296 Å². The SMILES string of the molecule is CC1(C)c2ccccc2-c2ccc(-c3ccccc3-c3c4ccccc4c(-c4ccccc4-c4ccc5c(c4)C(C)(C)c4ccccc4-5)c4cc(-c5ccc6c(c5)C(C)(C)c5cc(-c7cccc8ccccc78)ccc5-6)ccc34)cc21. The molecule has 0 radical (unpaired) electrons. The van der Waals surface area contributed by atoms with E-state index in [0.717, 1.165) is 0 Å². The molecule has 0 fully saturated rings. The van der Waals surface area contributed by atoms with Crippen molar-refractivity contribution < 1.29 is 0 Å². The van der Waals surface area contributed by atoms with Crippen LogP contribution in [0.25, 0.3) is 132 Å². The smallest absolute Gasteiger partial charge is 0.0159 e. The molecule has 13 aromatic rings. The molecule has 0 heteroatoms. The number of rotatable bonds is 6. The molecule has 0 N–H and O–H groups in total. The maximum absolute atomic E-state index is 2.52. The van der Waals surface area contributed by atoms with Gasteiger partial charge in [0.25, 0.3) is 0 Å². The fourth-order valence-corrected chi connectivity index (χ4v) is 15.1. The Balaban J connectivity index is 0.904. The van der Waals surface area contributed by atoms with Gasteiger partial charge in [-0.1, -0.05) is 266 Å². The number of hydrogen-bond acceptors (Lipinski definition) is 0. The van der Waals surface area contributed by atoms with E-state index in [1.165, 1.54) is 166 Å². The normalized spacial score (nSPS) is 14.6. The summed E-state index contributed by atoms with van der Waals surface area (Å²) in [7, 11) is 0. The molecule has 3 aliphatic rings. The van der Waals surface area contributed by atoms with Gasteiger partial charge in [-0.15, -0.1) is 0 Å². The van der Waals surface area contributed by atoms with Crippen molar-refractivity contribution in [2.75, 3.05) is 0 Å². The first-order valence-electron chi connectivity index (χ1n) is 28.9. The fraction of sp³-hybridized carbons (Fsp3) is 0.111. The van der Waals surface area contributed by atoms with E-state index in [1.54, 1.807) is 0 Å². The Hall–Kier alpha value is -9.36. The van der Waals surface area contributed by atoms with Crippen molar-refractivity contribution in [2.24, 2.45) is 0 Å². The third kappa shape index (κ3) is 6.90. The van der Waals surface area contributed by atoms with Crippen LogP contribution in [0.1, 0.15) is 74.9 Å². The molecule has 81 heavy (non-hydrogen) atoms. The van der Waals surface area contributed by atoms with Gasteiger partial charge >= 0.3 is 0 Å². The van der Waals surface area contributed by atoms with Gasteiger partial charge in [-0.25, -0.2) is 0 Å². The number of fused-ring (bicyclic) bond motifs is 12. The van der Waals surface area contributed by atoms with Gasteiger partial charge in [-0.2, -0.15) is 0 Å². The van der Waals surface area contributed by atoms with Gasteiger partial charge in [0.05, 0.1) is 0 Å². The lowest BCUT2D eigenvalue weighted by molar-refractivity contribution is 0.660. The second-order valence-electron chi connectivity index (χ2n) is 24.7. The molecule has 0 amide bonds. The van der Waals surface area contributed by atoms with Gasteiger partial charge in [0, 0.05) is 16.2 Å². The minimum atomic E-state index is -0.212. The van der Waals surface area contributed by atoms with Crippen LogP contribution in [-0.2, 0) is 16.2 Å². The molecule has 0 heterocycles. The molecule has 0 unspecified atom stereocenters. The first kappa shape index (κ1) is 47.6. The molecule has 16 rings (SSSR count). The van der Waals surface area contributed by atoms with E-state index in [4.69, 9.17) is 0 Å². The summed E-state index contributed by atoms with van der Waals surface area (Å²) in [5.41, 5.74) is 30.8. The van der Waals surface area contributed by atoms with E-state index in [-0.39, 0.29) is 16.2 Å². The predicted octanol–water partition coefficient (Wildman–Crippen LogP) is 22.1. The van der Waals surface area contributed by atoms with Crippen molar-refractivity contribution in [2.45, 2.75) is 57.8 Å². The second-order valence-corrected chi connectivity index (χ2v) is 24.7. The highest BCUT2D eigenvalue weighted by atomic mass is 14.4. The van der Waals surface area contributed by atoms with Gasteiger partial charge in [-0.05, 0) is 196 Å². The molecule has 0 spiro atoms. The average Bonchev–Trinajstić information content (AvgIpc) is 4.24. The fourth-order valence-electron chi connectivity index (χ4n) is 15.1. The van der Waals surface area contributed by atoms with Gasteiger partial charge in [0.2, 0.25) is 0 Å². The van der Waals surface area contributed by atoms with Gasteiger partial charge in [-0.3, -0.25) is 0 Å². The maximum atomic E-state index is 2.52. The van der Waals surface area contributed by atoms with Crippen LogP contribution >= 0.6 is 0 Å². The summed E-state index contributed by atoms with van der Waals surface area (Å²) in [6, 6.07) is 97.1. The summed E-state index contributed by atoms with van der Waals surface area (Å²) in [6.45, 7) is 14.4. The van der Waals surface area contributed by atoms with Crippen LogP contribution in [0.2, 0.25) is 0 Å². The highest BCUT2D eigenvalue weighted by Crippen LogP contribution is 2.56. The van der Waals surface area contributed by atoms with E-state index >= 15 is 0 Å². The molecule has 0 saturated carbocycles. The number of benzene rings is 13. The van der Waals surface area contributed by atoms with E-state index in [9.17, 15) is 0 Å². The molecule has 0 bridgehead atoms. The van der Waals surface area contributed by atoms with Crippen molar-refractivity contribution >= 4 is 32.3 Å². The number of hydrogen-bond donors (Lipinski definition) is 0. The summed E-state index contributed by atoms with van der Waals surface area (Å²) in [5, 5.41) is 7.52. The topological polar surface area (TPSA) is 0 Å². The van der Waals surface area contributed by atoms with E-state index in [0.29, 0.717) is 0 Å². The molecule has 3 aliphatic carbocycles. The summed E-state index contributed by atoms with van der Waals surface area (Å²) in [5.74, 6) is 0. The summed E-state index contributed by atoms with van der Waals surface area (Å²) in [6.07, 6.45) is 0. The molecule has 0 nitrogen and oxygen atoms in total. The third-order valence-corrected chi connectivity index (χ3v) is 19.3. The third-order valence-electron chi connectivity index (χ3n) is 19.3. The summed E-state index contributed by atoms with van der Waals surface area (Å²) < 4.78 is 0. The van der Waals surface area contributed by atoms with Crippen molar-refractivity contribution in [1.82, 2.24) is 0 Å². The molecule has 0 atom stereocenters. The Labute approximate surface area is 475 Å². The Morgan fingerprint density at radius 3 is 1.01 bits per heavy atom. The first-order valence-corrected chi connectivity index (χ1v) is 28.9. The Morgan fingerprint density at radius 1 is 0.185 bits per heavy atom. The largest absolute Gasteiger partial charge is 0.0619 e. The molecule has 0 saturated heterocycles. The lowest BCUT2D eigenvalue weighted by Crippen LogP contribution is -2.15. The first-order chi connectivity index (χ1) is 39.4. The summed E-state index contributed by atoms with van der Waals surface area (Å²) >= 11 is 0. The van der Waals surface area contributed by atoms with E-state index in [1.807, 2.05) is 0 Å². The zero-order valence-corrected chi connectivity index (χ0v) is 46.7. The molecule has 0 aliphatic heterocycles. The monoisotopic (exact) mass is 1030 g/mol. The van der Waals surface area contributed by atoms with Crippen LogP contribution in [0.5, 0.6) is 0 Å². The van der Waals surface area contributed by atoms with Crippen LogP contribution in [0.15, 0.2) is 255 Å². The zero-order valence-electron chi connectivity index (χ0n) is 46.7. The minimum Gasteiger partial charge on any atom is -0.0619 e. The molecular formula is C81H60. The summed E-state index contributed by atoms with van der Waals surface area (Å²) in [4.78, 5) is 0. The van der Waals surface area contributed by atoms with Gasteiger partial charge < -0.3 is 0 Å². The Bertz CT molecular complexity index is 4830. The predicted molar refractivity (Wildman–Crippen MR) is 344 cm³/mol. The van der Waals surface area contributed by atoms with Crippen molar-refractivity contribution in [3.63, 3.8) is 0 Å². The zero-order chi connectivity index (χ0) is 54.5. The Kier molecular flexibility index (Phi) is 10.2. The van der Waals surface area contributed by atoms with Crippen LogP contribution in [0.3, 0.4) is 0 Å². The lowest BCUT2D eigenvalue weighted by atomic mass is 9.79. The lowest BCUT2D eigenvalue weighted by Gasteiger charge is -2.24. The van der Waals surface area contributed by atoms with Crippen LogP contribution < -0.4 is 0 Å². The maximum Gasteiger partial charge on any atom is 0.0159 e. The van der Waals surface area contributed by atoms with Crippen molar-refractivity contribution in [1.29, 1.82) is 0 Å². The van der Waals surface area contributed by atoms with Crippen LogP contribution in [0, 0.1) is 0 Å². The highest BCUT2D eigenvalue weighted by Gasteiger charge is 2.38. The minimum absolute atomic E-state index is 0.115. The van der Waals surface area contributed by atoms with Crippen molar-refractivity contribution in [3.8, 4) is 100 Å². The molecule has 0 aromatic heterocycles. The average molecular weight is 1030 g/mol. The molecular weight excluding hydrogens is 973 g/mol. The molecule has 384 valence electrons. The standard InChI is InChI=1S/C81H60/c1-79(2)71-32-17-15-25-59(71)61-40-37-53(47-74(61)79)57-23-9-11-27-65(57)77-67-29-13-14-30-68(67)78(66-28-12-10-24-58(66)54-38-41-62-60-26-16-18-33-72(60)80(3,4)75(62)48-54)70-44-50(35-43-69(70)77)51-34-39-63-64-42-36-52(46-76(64)81(5,6)73(63)45-51)56-31-19-21-49-20-7-8-22-55(49)56/h7-48H,1-6H3. The highest BCUT2D eigenvalue weighted by molar-refractivity contribution is 6.24. The van der Waals surface area contributed by atoms with Gasteiger partial charge in [0.15, 0.2) is 0 Å². The Morgan fingerprint density at radius 2 is 0.494 bits per heavy atom. The van der Waals surface area contributed by atoms with Crippen LogP contribution in [0.4, 0.5) is 0 Å². The van der Waals surface area contributed by atoms with Crippen LogP contribution in [-0.4, -0.2) is 0 Å². The van der Waals surface area contributed by atoms with E-state index < -0.39 is 0 Å². The second kappa shape index (κ2) is 17.3. The molecule has 13 aromatic carbocycles. The quantitative estimate of drug-likeness (QED) is 0.146. The van der Waals surface area contributed by atoms with Gasteiger partial charge in [0.1, 0.15) is 0 Å². The van der Waals surface area contributed by atoms with Crippen molar-refractivity contribution in [3.05, 3.63) is 288 Å².